The Bertz CT molecular complexity index is 1080. The highest BCUT2D eigenvalue weighted by atomic mass is 32.2. The molecule has 1 aliphatic heterocycles. The van der Waals surface area contributed by atoms with E-state index >= 15 is 0 Å². The molecule has 2 unspecified atom stereocenters. The fourth-order valence-electron chi connectivity index (χ4n) is 3.58. The molecule has 0 aromatic heterocycles. The summed E-state index contributed by atoms with van der Waals surface area (Å²) in [6.07, 6.45) is -0.307. The monoisotopic (exact) mass is 392 g/mol. The van der Waals surface area contributed by atoms with Crippen molar-refractivity contribution in [1.82, 2.24) is 0 Å². The van der Waals surface area contributed by atoms with Gasteiger partial charge in [-0.2, -0.15) is 0 Å². The maximum Gasteiger partial charge on any atom is 0.178 e. The Morgan fingerprint density at radius 2 is 1.39 bits per heavy atom. The summed E-state index contributed by atoms with van der Waals surface area (Å²) in [5.41, 5.74) is 1.38. The standard InChI is InChI=1S/C23H20O4S/c24-22-19-13-7-8-14-21(19)27-23(17-9-3-1-4-10-17)20(22)15-16-28(25,26)18-11-5-2-6-12-18/h1-14,20,23H,15-16H2. The molecule has 0 radical (unpaired) electrons. The zero-order valence-corrected chi connectivity index (χ0v) is 16.0. The number of rotatable bonds is 5. The van der Waals surface area contributed by atoms with Crippen molar-refractivity contribution in [3.63, 3.8) is 0 Å². The molecule has 2 atom stereocenters. The Labute approximate surface area is 164 Å². The van der Waals surface area contributed by atoms with Gasteiger partial charge in [-0.25, -0.2) is 8.42 Å². The van der Waals surface area contributed by atoms with Crippen LogP contribution in [0.5, 0.6) is 5.75 Å². The summed E-state index contributed by atoms with van der Waals surface area (Å²) in [7, 11) is -3.47. The maximum atomic E-state index is 13.2. The van der Waals surface area contributed by atoms with Crippen LogP contribution in [0.1, 0.15) is 28.4 Å². The van der Waals surface area contributed by atoms with E-state index in [2.05, 4.69) is 0 Å². The minimum absolute atomic E-state index is 0.0704. The van der Waals surface area contributed by atoms with Gasteiger partial charge < -0.3 is 4.74 Å². The van der Waals surface area contributed by atoms with E-state index in [4.69, 9.17) is 4.74 Å². The van der Waals surface area contributed by atoms with Gasteiger partial charge in [0.25, 0.3) is 0 Å². The number of ketones is 1. The van der Waals surface area contributed by atoms with Gasteiger partial charge in [0, 0.05) is 0 Å². The van der Waals surface area contributed by atoms with Crippen molar-refractivity contribution in [1.29, 1.82) is 0 Å². The fourth-order valence-corrected chi connectivity index (χ4v) is 4.95. The minimum Gasteiger partial charge on any atom is -0.484 e. The molecule has 1 aliphatic rings. The van der Waals surface area contributed by atoms with Crippen LogP contribution in [0.3, 0.4) is 0 Å². The van der Waals surface area contributed by atoms with Crippen molar-refractivity contribution in [2.75, 3.05) is 5.75 Å². The number of fused-ring (bicyclic) bond motifs is 1. The molecule has 0 spiro atoms. The van der Waals surface area contributed by atoms with Crippen molar-refractivity contribution < 1.29 is 17.9 Å². The quantitative estimate of drug-likeness (QED) is 0.642. The van der Waals surface area contributed by atoms with E-state index in [-0.39, 0.29) is 22.9 Å². The zero-order valence-electron chi connectivity index (χ0n) is 15.2. The Morgan fingerprint density at radius 1 is 0.786 bits per heavy atom. The van der Waals surface area contributed by atoms with Crippen LogP contribution >= 0.6 is 0 Å². The smallest absolute Gasteiger partial charge is 0.178 e. The van der Waals surface area contributed by atoms with E-state index in [1.807, 2.05) is 36.4 Å². The summed E-state index contributed by atoms with van der Waals surface area (Å²) in [5, 5.41) is 0. The van der Waals surface area contributed by atoms with E-state index in [0.717, 1.165) is 5.56 Å². The third kappa shape index (κ3) is 3.58. The highest BCUT2D eigenvalue weighted by Gasteiger charge is 2.38. The van der Waals surface area contributed by atoms with E-state index in [1.54, 1.807) is 48.5 Å². The maximum absolute atomic E-state index is 13.2. The van der Waals surface area contributed by atoms with Crippen LogP contribution in [0.25, 0.3) is 0 Å². The molecule has 4 rings (SSSR count). The molecule has 5 heteroatoms. The lowest BCUT2D eigenvalue weighted by atomic mass is 9.84. The molecule has 142 valence electrons. The Hall–Kier alpha value is -2.92. The molecule has 28 heavy (non-hydrogen) atoms. The highest BCUT2D eigenvalue weighted by molar-refractivity contribution is 7.91. The highest BCUT2D eigenvalue weighted by Crippen LogP contribution is 2.40. The van der Waals surface area contributed by atoms with Crippen LogP contribution in [0.15, 0.2) is 89.8 Å². The normalized spacial score (nSPS) is 18.9. The Balaban J connectivity index is 1.65. The first kappa shape index (κ1) is 18.4. The van der Waals surface area contributed by atoms with Gasteiger partial charge in [0.15, 0.2) is 15.6 Å². The average Bonchev–Trinajstić information content (AvgIpc) is 2.74. The van der Waals surface area contributed by atoms with Gasteiger partial charge in [-0.1, -0.05) is 60.7 Å². The number of hydrogen-bond acceptors (Lipinski definition) is 4. The van der Waals surface area contributed by atoms with Crippen LogP contribution < -0.4 is 4.74 Å². The molecule has 3 aromatic rings. The summed E-state index contributed by atoms with van der Waals surface area (Å²) >= 11 is 0. The summed E-state index contributed by atoms with van der Waals surface area (Å²) in [4.78, 5) is 13.5. The van der Waals surface area contributed by atoms with Crippen molar-refractivity contribution in [2.45, 2.75) is 17.4 Å². The molecule has 0 amide bonds. The molecular formula is C23H20O4S. The largest absolute Gasteiger partial charge is 0.484 e. The van der Waals surface area contributed by atoms with Gasteiger partial charge in [0.05, 0.1) is 22.1 Å². The molecule has 0 saturated heterocycles. The lowest BCUT2D eigenvalue weighted by molar-refractivity contribution is 0.0649. The van der Waals surface area contributed by atoms with Crippen LogP contribution in [-0.4, -0.2) is 20.0 Å². The second-order valence-corrected chi connectivity index (χ2v) is 8.95. The van der Waals surface area contributed by atoms with Gasteiger partial charge >= 0.3 is 0 Å². The lowest BCUT2D eigenvalue weighted by Crippen LogP contribution is -2.33. The van der Waals surface area contributed by atoms with Crippen molar-refractivity contribution in [3.8, 4) is 5.75 Å². The molecule has 4 nitrogen and oxygen atoms in total. The number of sulfone groups is 1. The van der Waals surface area contributed by atoms with Crippen LogP contribution in [0.2, 0.25) is 0 Å². The Morgan fingerprint density at radius 3 is 2.11 bits per heavy atom. The van der Waals surface area contributed by atoms with Crippen LogP contribution in [0.4, 0.5) is 0 Å². The molecule has 1 heterocycles. The molecule has 0 bridgehead atoms. The van der Waals surface area contributed by atoms with Crippen LogP contribution in [-0.2, 0) is 9.84 Å². The first-order valence-electron chi connectivity index (χ1n) is 9.19. The molecule has 0 N–H and O–H groups in total. The topological polar surface area (TPSA) is 60.4 Å². The fraction of sp³-hybridized carbons (Fsp3) is 0.174. The summed E-state index contributed by atoms with van der Waals surface area (Å²) in [6, 6.07) is 25.0. The van der Waals surface area contributed by atoms with E-state index in [9.17, 15) is 13.2 Å². The zero-order chi connectivity index (χ0) is 19.6. The van der Waals surface area contributed by atoms with Crippen molar-refractivity contribution in [3.05, 3.63) is 96.1 Å². The number of ether oxygens (including phenoxy) is 1. The SMILES string of the molecule is O=C1c2ccccc2OC(c2ccccc2)C1CCS(=O)(=O)c1ccccc1. The predicted molar refractivity (Wildman–Crippen MR) is 107 cm³/mol. The average molecular weight is 392 g/mol. The number of Topliss-reactive ketones (excluding diaryl/α,β-unsaturated/α-hetero) is 1. The number of para-hydroxylation sites is 1. The van der Waals surface area contributed by atoms with E-state index < -0.39 is 21.9 Å². The van der Waals surface area contributed by atoms with Crippen molar-refractivity contribution in [2.24, 2.45) is 5.92 Å². The Kier molecular flexibility index (Phi) is 5.01. The molecular weight excluding hydrogens is 372 g/mol. The second kappa shape index (κ2) is 7.60. The van der Waals surface area contributed by atoms with E-state index in [0.29, 0.717) is 11.3 Å². The summed E-state index contributed by atoms with van der Waals surface area (Å²) < 4.78 is 31.6. The number of carbonyl (C=O) groups excluding carboxylic acids is 1. The predicted octanol–water partition coefficient (Wildman–Crippen LogP) is 4.48. The third-order valence-corrected chi connectivity index (χ3v) is 6.80. The second-order valence-electron chi connectivity index (χ2n) is 6.84. The molecule has 0 saturated carbocycles. The lowest BCUT2D eigenvalue weighted by Gasteiger charge is -2.33. The number of carbonyl (C=O) groups is 1. The molecule has 0 fully saturated rings. The van der Waals surface area contributed by atoms with Gasteiger partial charge in [0.2, 0.25) is 0 Å². The molecule has 3 aromatic carbocycles. The van der Waals surface area contributed by atoms with Gasteiger partial charge in [-0.05, 0) is 36.2 Å². The third-order valence-electron chi connectivity index (χ3n) is 5.04. The van der Waals surface area contributed by atoms with Gasteiger partial charge in [0.1, 0.15) is 11.9 Å². The first-order chi connectivity index (χ1) is 13.6. The minimum atomic E-state index is -3.47. The first-order valence-corrected chi connectivity index (χ1v) is 10.8. The molecule has 0 aliphatic carbocycles. The van der Waals surface area contributed by atoms with Gasteiger partial charge in [-0.3, -0.25) is 4.79 Å². The van der Waals surface area contributed by atoms with Gasteiger partial charge in [-0.15, -0.1) is 0 Å². The summed E-state index contributed by atoms with van der Waals surface area (Å²) in [6.45, 7) is 0. The van der Waals surface area contributed by atoms with Crippen molar-refractivity contribution >= 4 is 15.6 Å². The summed E-state index contributed by atoms with van der Waals surface area (Å²) in [5.74, 6) is -0.194. The number of benzene rings is 3. The van der Waals surface area contributed by atoms with E-state index in [1.165, 1.54) is 0 Å². The van der Waals surface area contributed by atoms with Crippen LogP contribution in [0, 0.1) is 5.92 Å². The number of hydrogen-bond donors (Lipinski definition) is 0.